The number of hydrogen-bond donors (Lipinski definition) is 0. The van der Waals surface area contributed by atoms with E-state index in [1.165, 1.54) is 44.3 Å². The number of para-hydroxylation sites is 3. The Morgan fingerprint density at radius 1 is 0.424 bits per heavy atom. The van der Waals surface area contributed by atoms with Crippen LogP contribution in [0, 0.1) is 0 Å². The first kappa shape index (κ1) is 34.6. The van der Waals surface area contributed by atoms with Crippen LogP contribution >= 0.6 is 0 Å². The topological polar surface area (TPSA) is 46.8 Å². The van der Waals surface area contributed by atoms with Gasteiger partial charge in [-0.25, -0.2) is 9.97 Å². The minimum absolute atomic E-state index is 0.225. The molecule has 0 unspecified atom stereocenters. The fourth-order valence-corrected chi connectivity index (χ4v) is 8.90. The Labute approximate surface area is 343 Å². The zero-order chi connectivity index (χ0) is 39.5. The number of anilines is 3. The van der Waals surface area contributed by atoms with Gasteiger partial charge < -0.3 is 9.47 Å². The maximum atomic E-state index is 5.14. The highest BCUT2D eigenvalue weighted by Crippen LogP contribution is 2.53. The number of hydrogen-bond acceptors (Lipinski definition) is 4. The van der Waals surface area contributed by atoms with Crippen LogP contribution in [0.3, 0.4) is 0 Å². The minimum Gasteiger partial charge on any atom is -0.310 e. The number of nitrogens with zero attached hydrogens (tertiary/aromatic N) is 5. The lowest BCUT2D eigenvalue weighted by Crippen LogP contribution is -2.30. The maximum absolute atomic E-state index is 5.14. The van der Waals surface area contributed by atoms with Crippen molar-refractivity contribution in [3.63, 3.8) is 0 Å². The molecule has 11 rings (SSSR count). The second-order valence-corrected chi connectivity index (χ2v) is 15.7. The van der Waals surface area contributed by atoms with E-state index in [2.05, 4.69) is 192 Å². The summed E-state index contributed by atoms with van der Waals surface area (Å²) < 4.78 is 2.42. The summed E-state index contributed by atoms with van der Waals surface area (Å²) in [6, 6.07) is 66.9. The van der Waals surface area contributed by atoms with Crippen LogP contribution < -0.4 is 4.90 Å². The molecule has 1 aliphatic rings. The smallest absolute Gasteiger partial charge is 0.160 e. The number of benzene rings is 7. The quantitative estimate of drug-likeness (QED) is 0.169. The molecule has 0 saturated carbocycles. The van der Waals surface area contributed by atoms with Crippen LogP contribution in [-0.4, -0.2) is 19.5 Å². The molecule has 0 radical (unpaired) electrons. The molecule has 10 aromatic rings. The summed E-state index contributed by atoms with van der Waals surface area (Å²) in [5.41, 5.74) is 16.4. The van der Waals surface area contributed by atoms with Crippen LogP contribution in [0.1, 0.15) is 25.0 Å². The lowest BCUT2D eigenvalue weighted by Gasteiger charge is -2.42. The van der Waals surface area contributed by atoms with E-state index in [1.807, 2.05) is 30.5 Å². The highest BCUT2D eigenvalue weighted by atomic mass is 15.2. The van der Waals surface area contributed by atoms with Gasteiger partial charge in [-0.05, 0) is 82.9 Å². The highest BCUT2D eigenvalue weighted by Gasteiger charge is 2.37. The third kappa shape index (κ3) is 5.81. The molecule has 1 aliphatic heterocycles. The summed E-state index contributed by atoms with van der Waals surface area (Å²) in [6.45, 7) is 4.71. The average molecular weight is 758 g/mol. The summed E-state index contributed by atoms with van der Waals surface area (Å²) in [5, 5.41) is 2.45. The Bertz CT molecular complexity index is 3150. The molecule has 0 aliphatic carbocycles. The van der Waals surface area contributed by atoms with Crippen LogP contribution in [0.5, 0.6) is 0 Å². The van der Waals surface area contributed by atoms with Crippen molar-refractivity contribution in [3.8, 4) is 50.7 Å². The van der Waals surface area contributed by atoms with Crippen molar-refractivity contribution in [3.05, 3.63) is 212 Å². The van der Waals surface area contributed by atoms with Crippen LogP contribution in [0.4, 0.5) is 17.1 Å². The van der Waals surface area contributed by atoms with E-state index < -0.39 is 0 Å². The van der Waals surface area contributed by atoms with Crippen molar-refractivity contribution in [2.75, 3.05) is 4.90 Å². The first-order chi connectivity index (χ1) is 29.0. The third-order valence-electron chi connectivity index (χ3n) is 11.9. The molecule has 0 atom stereocenters. The molecule has 0 N–H and O–H groups in total. The number of fused-ring (bicyclic) bond motifs is 5. The summed E-state index contributed by atoms with van der Waals surface area (Å²) in [5.74, 6) is 0.694. The van der Waals surface area contributed by atoms with E-state index in [0.717, 1.165) is 50.6 Å². The summed E-state index contributed by atoms with van der Waals surface area (Å²) in [4.78, 5) is 17.0. The third-order valence-corrected chi connectivity index (χ3v) is 11.9. The van der Waals surface area contributed by atoms with Crippen molar-refractivity contribution in [2.45, 2.75) is 19.3 Å². The van der Waals surface area contributed by atoms with E-state index in [9.17, 15) is 0 Å². The van der Waals surface area contributed by atoms with Crippen LogP contribution in [0.2, 0.25) is 0 Å². The number of pyridine rings is 1. The van der Waals surface area contributed by atoms with Gasteiger partial charge in [0.05, 0.1) is 33.8 Å². The Kier molecular flexibility index (Phi) is 8.09. The van der Waals surface area contributed by atoms with Gasteiger partial charge in [0.25, 0.3) is 0 Å². The normalized spacial score (nSPS) is 13.0. The molecule has 0 saturated heterocycles. The molecule has 0 bridgehead atoms. The fourth-order valence-electron chi connectivity index (χ4n) is 8.90. The van der Waals surface area contributed by atoms with E-state index in [1.54, 1.807) is 6.20 Å². The molecule has 3 aromatic heterocycles. The van der Waals surface area contributed by atoms with E-state index in [4.69, 9.17) is 9.97 Å². The number of aromatic nitrogens is 4. The fraction of sp³-hybridized carbons (Fsp3) is 0.0556. The lowest BCUT2D eigenvalue weighted by atomic mass is 9.73. The van der Waals surface area contributed by atoms with Gasteiger partial charge in [0, 0.05) is 56.6 Å². The summed E-state index contributed by atoms with van der Waals surface area (Å²) in [6.07, 6.45) is 3.69. The highest BCUT2D eigenvalue weighted by molar-refractivity contribution is 6.11. The molecule has 7 aromatic carbocycles. The Balaban J connectivity index is 1.04. The zero-order valence-electron chi connectivity index (χ0n) is 32.8. The second kappa shape index (κ2) is 13.8. The van der Waals surface area contributed by atoms with E-state index in [-0.39, 0.29) is 5.41 Å². The first-order valence-corrected chi connectivity index (χ1v) is 20.1. The zero-order valence-corrected chi connectivity index (χ0v) is 32.8. The SMILES string of the molecule is CC1(C)c2ccccc2N(c2ccccc2)c2cc3c4ccccc4n(-c4ccc(-c5cc(-c6ccc(-c7cccnc7)cc6)nc(-c6ccccc6)n5)cc4)c3cc21. The van der Waals surface area contributed by atoms with Crippen molar-refractivity contribution >= 4 is 38.9 Å². The Morgan fingerprint density at radius 3 is 1.78 bits per heavy atom. The van der Waals surface area contributed by atoms with Gasteiger partial charge in [-0.2, -0.15) is 0 Å². The molecular weight excluding hydrogens is 719 g/mol. The van der Waals surface area contributed by atoms with Gasteiger partial charge in [-0.3, -0.25) is 4.98 Å². The van der Waals surface area contributed by atoms with Gasteiger partial charge >= 0.3 is 0 Å². The van der Waals surface area contributed by atoms with Gasteiger partial charge in [0.1, 0.15) is 0 Å². The monoisotopic (exact) mass is 757 g/mol. The van der Waals surface area contributed by atoms with Gasteiger partial charge in [-0.15, -0.1) is 0 Å². The molecule has 5 heteroatoms. The first-order valence-electron chi connectivity index (χ1n) is 20.1. The molecule has 0 spiro atoms. The molecule has 4 heterocycles. The standard InChI is InChI=1S/C54H39N5/c1-54(2)45-20-10-12-22-50(45)59(41-17-7-4-8-18-41)52-32-44-43-19-9-11-21-49(43)58(51(44)33-46(52)54)42-29-27-38(28-30-42)48-34-47(56-53(57-48)39-14-5-3-6-15-39)37-25-23-36(24-26-37)40-16-13-31-55-35-40/h3-35H,1-2H3. The largest absolute Gasteiger partial charge is 0.310 e. The minimum atomic E-state index is -0.225. The predicted molar refractivity (Wildman–Crippen MR) is 243 cm³/mol. The summed E-state index contributed by atoms with van der Waals surface area (Å²) in [7, 11) is 0. The van der Waals surface area contributed by atoms with Crippen LogP contribution in [0.15, 0.2) is 200 Å². The van der Waals surface area contributed by atoms with Gasteiger partial charge in [0.15, 0.2) is 5.82 Å². The van der Waals surface area contributed by atoms with Gasteiger partial charge in [0.2, 0.25) is 0 Å². The van der Waals surface area contributed by atoms with Crippen LogP contribution in [-0.2, 0) is 5.41 Å². The summed E-state index contributed by atoms with van der Waals surface area (Å²) >= 11 is 0. The number of rotatable bonds is 6. The maximum Gasteiger partial charge on any atom is 0.160 e. The van der Waals surface area contributed by atoms with Crippen molar-refractivity contribution in [1.29, 1.82) is 0 Å². The molecule has 280 valence electrons. The predicted octanol–water partition coefficient (Wildman–Crippen LogP) is 13.7. The van der Waals surface area contributed by atoms with Crippen molar-refractivity contribution in [2.24, 2.45) is 0 Å². The van der Waals surface area contributed by atoms with E-state index in [0.29, 0.717) is 5.82 Å². The molecule has 59 heavy (non-hydrogen) atoms. The Morgan fingerprint density at radius 2 is 1.05 bits per heavy atom. The van der Waals surface area contributed by atoms with Crippen molar-refractivity contribution in [1.82, 2.24) is 19.5 Å². The van der Waals surface area contributed by atoms with Crippen molar-refractivity contribution < 1.29 is 0 Å². The van der Waals surface area contributed by atoms with E-state index >= 15 is 0 Å². The second-order valence-electron chi connectivity index (χ2n) is 15.7. The lowest BCUT2D eigenvalue weighted by molar-refractivity contribution is 0.632. The van der Waals surface area contributed by atoms with Gasteiger partial charge in [-0.1, -0.05) is 141 Å². The molecule has 5 nitrogen and oxygen atoms in total. The molecular formula is C54H39N5. The molecule has 0 amide bonds. The Hall–Kier alpha value is -7.63. The van der Waals surface area contributed by atoms with Crippen LogP contribution in [0.25, 0.3) is 72.5 Å². The molecule has 0 fully saturated rings. The average Bonchev–Trinajstić information content (AvgIpc) is 3.63.